The highest BCUT2D eigenvalue weighted by Crippen LogP contribution is 2.28. The third-order valence-electron chi connectivity index (χ3n) is 3.43. The van der Waals surface area contributed by atoms with Gasteiger partial charge in [-0.25, -0.2) is 4.98 Å². The molecule has 1 aliphatic rings. The van der Waals surface area contributed by atoms with Gasteiger partial charge in [0, 0.05) is 19.6 Å². The molecule has 2 rings (SSSR count). The summed E-state index contributed by atoms with van der Waals surface area (Å²) in [6, 6.07) is 4.62. The Morgan fingerprint density at radius 3 is 2.82 bits per heavy atom. The summed E-state index contributed by atoms with van der Waals surface area (Å²) in [6.45, 7) is 3.75. The van der Waals surface area contributed by atoms with Crippen LogP contribution in [0.1, 0.15) is 31.9 Å². The van der Waals surface area contributed by atoms with Crippen LogP contribution in [0.3, 0.4) is 0 Å². The van der Waals surface area contributed by atoms with E-state index in [0.717, 1.165) is 29.6 Å². The molecule has 0 atom stereocenters. The molecule has 0 aromatic carbocycles. The van der Waals surface area contributed by atoms with Crippen molar-refractivity contribution < 1.29 is 0 Å². The minimum atomic E-state index is 0.663. The van der Waals surface area contributed by atoms with E-state index in [0.29, 0.717) is 6.04 Å². The molecular formula is C13H20ClN3. The highest BCUT2D eigenvalue weighted by Gasteiger charge is 2.23. The van der Waals surface area contributed by atoms with Crippen LogP contribution >= 0.6 is 11.6 Å². The van der Waals surface area contributed by atoms with E-state index in [9.17, 15) is 0 Å². The molecule has 1 aromatic heterocycles. The number of halogens is 1. The van der Waals surface area contributed by atoms with E-state index in [1.165, 1.54) is 19.3 Å². The van der Waals surface area contributed by atoms with Crippen LogP contribution < -0.4 is 10.2 Å². The van der Waals surface area contributed by atoms with Gasteiger partial charge in [-0.05, 0) is 37.9 Å². The molecule has 0 bridgehead atoms. The lowest BCUT2D eigenvalue weighted by Crippen LogP contribution is -2.37. The molecule has 1 saturated carbocycles. The molecule has 0 radical (unpaired) electrons. The topological polar surface area (TPSA) is 28.2 Å². The van der Waals surface area contributed by atoms with Crippen LogP contribution in [0, 0.1) is 0 Å². The van der Waals surface area contributed by atoms with Gasteiger partial charge in [-0.2, -0.15) is 0 Å². The van der Waals surface area contributed by atoms with E-state index < -0.39 is 0 Å². The summed E-state index contributed by atoms with van der Waals surface area (Å²) in [5.74, 6) is 1.03. The van der Waals surface area contributed by atoms with Gasteiger partial charge in [-0.3, -0.25) is 0 Å². The second-order valence-electron chi connectivity index (χ2n) is 4.57. The van der Waals surface area contributed by atoms with E-state index in [2.05, 4.69) is 29.2 Å². The van der Waals surface area contributed by atoms with E-state index in [4.69, 9.17) is 11.6 Å². The zero-order chi connectivity index (χ0) is 12.3. The van der Waals surface area contributed by atoms with Crippen molar-refractivity contribution in [2.45, 2.75) is 38.8 Å². The van der Waals surface area contributed by atoms with Gasteiger partial charge in [0.05, 0.1) is 10.7 Å². The van der Waals surface area contributed by atoms with Crippen molar-refractivity contribution >= 4 is 17.4 Å². The molecule has 1 aliphatic carbocycles. The first kappa shape index (κ1) is 12.7. The lowest BCUT2D eigenvalue weighted by Gasteiger charge is -2.35. The Balaban J connectivity index is 2.11. The van der Waals surface area contributed by atoms with E-state index in [1.54, 1.807) is 0 Å². The van der Waals surface area contributed by atoms with Gasteiger partial charge < -0.3 is 10.2 Å². The second-order valence-corrected chi connectivity index (χ2v) is 4.98. The van der Waals surface area contributed by atoms with E-state index >= 15 is 0 Å². The average Bonchev–Trinajstić information content (AvgIpc) is 2.25. The molecule has 0 aliphatic heterocycles. The van der Waals surface area contributed by atoms with Gasteiger partial charge >= 0.3 is 0 Å². The predicted molar refractivity (Wildman–Crippen MR) is 72.7 cm³/mol. The lowest BCUT2D eigenvalue weighted by molar-refractivity contribution is 0.399. The normalized spacial score (nSPS) is 15.7. The van der Waals surface area contributed by atoms with Crippen LogP contribution in [0.5, 0.6) is 0 Å². The van der Waals surface area contributed by atoms with Gasteiger partial charge in [-0.1, -0.05) is 18.5 Å². The second kappa shape index (κ2) is 5.69. The Bertz CT molecular complexity index is 377. The van der Waals surface area contributed by atoms with Gasteiger partial charge in [-0.15, -0.1) is 0 Å². The zero-order valence-corrected chi connectivity index (χ0v) is 11.3. The molecule has 3 nitrogen and oxygen atoms in total. The van der Waals surface area contributed by atoms with Gasteiger partial charge in [0.2, 0.25) is 0 Å². The van der Waals surface area contributed by atoms with Crippen LogP contribution in [0.2, 0.25) is 5.02 Å². The largest absolute Gasteiger partial charge is 0.357 e. The number of hydrogen-bond donors (Lipinski definition) is 1. The summed E-state index contributed by atoms with van der Waals surface area (Å²) in [5, 5.41) is 4.01. The van der Waals surface area contributed by atoms with Gasteiger partial charge in [0.25, 0.3) is 0 Å². The molecule has 4 heteroatoms. The summed E-state index contributed by atoms with van der Waals surface area (Å²) in [6.07, 6.45) is 3.90. The van der Waals surface area contributed by atoms with Crippen molar-refractivity contribution in [1.29, 1.82) is 0 Å². The maximum atomic E-state index is 6.14. The van der Waals surface area contributed by atoms with Crippen molar-refractivity contribution in [1.82, 2.24) is 10.3 Å². The predicted octanol–water partition coefficient (Wildman–Crippen LogP) is 2.83. The molecule has 1 N–H and O–H groups in total. The minimum Gasteiger partial charge on any atom is -0.357 e. The fourth-order valence-corrected chi connectivity index (χ4v) is 2.17. The molecule has 1 aromatic rings. The monoisotopic (exact) mass is 253 g/mol. The summed E-state index contributed by atoms with van der Waals surface area (Å²) in [4.78, 5) is 6.92. The van der Waals surface area contributed by atoms with Crippen molar-refractivity contribution in [2.24, 2.45) is 0 Å². The standard InChI is InChI=1S/C13H20ClN3/c1-3-15-9-12-11(14)7-8-13(16-12)17(2)10-5-4-6-10/h7-8,10,15H,3-6,9H2,1-2H3. The summed E-state index contributed by atoms with van der Waals surface area (Å²) >= 11 is 6.14. The molecular weight excluding hydrogens is 234 g/mol. The Morgan fingerprint density at radius 2 is 2.24 bits per heavy atom. The lowest BCUT2D eigenvalue weighted by atomic mass is 9.92. The van der Waals surface area contributed by atoms with Crippen LogP contribution in [-0.4, -0.2) is 24.6 Å². The summed E-state index contributed by atoms with van der Waals surface area (Å²) < 4.78 is 0. The first-order chi connectivity index (χ1) is 8.22. The molecule has 94 valence electrons. The third kappa shape index (κ3) is 2.90. The number of aromatic nitrogens is 1. The number of nitrogens with zero attached hydrogens (tertiary/aromatic N) is 2. The number of anilines is 1. The third-order valence-corrected chi connectivity index (χ3v) is 3.77. The average molecular weight is 254 g/mol. The molecule has 1 fully saturated rings. The highest BCUT2D eigenvalue weighted by molar-refractivity contribution is 6.31. The maximum absolute atomic E-state index is 6.14. The van der Waals surface area contributed by atoms with Crippen molar-refractivity contribution in [3.05, 3.63) is 22.8 Å². The van der Waals surface area contributed by atoms with Crippen LogP contribution in [0.15, 0.2) is 12.1 Å². The smallest absolute Gasteiger partial charge is 0.128 e. The molecule has 17 heavy (non-hydrogen) atoms. The molecule has 0 spiro atoms. The van der Waals surface area contributed by atoms with Crippen molar-refractivity contribution in [3.8, 4) is 0 Å². The fraction of sp³-hybridized carbons (Fsp3) is 0.615. The number of pyridine rings is 1. The molecule has 1 heterocycles. The number of rotatable bonds is 5. The minimum absolute atomic E-state index is 0.663. The van der Waals surface area contributed by atoms with Gasteiger partial charge in [0.1, 0.15) is 5.82 Å². The van der Waals surface area contributed by atoms with Gasteiger partial charge in [0.15, 0.2) is 0 Å². The fourth-order valence-electron chi connectivity index (χ4n) is 2.00. The maximum Gasteiger partial charge on any atom is 0.128 e. The first-order valence-electron chi connectivity index (χ1n) is 6.31. The first-order valence-corrected chi connectivity index (χ1v) is 6.69. The molecule has 0 amide bonds. The van der Waals surface area contributed by atoms with E-state index in [-0.39, 0.29) is 0 Å². The SMILES string of the molecule is CCNCc1nc(N(C)C2CCC2)ccc1Cl. The Hall–Kier alpha value is -0.800. The Morgan fingerprint density at radius 1 is 1.47 bits per heavy atom. The molecule has 0 saturated heterocycles. The van der Waals surface area contributed by atoms with Crippen LogP contribution in [0.25, 0.3) is 0 Å². The van der Waals surface area contributed by atoms with Crippen LogP contribution in [-0.2, 0) is 6.54 Å². The van der Waals surface area contributed by atoms with Crippen molar-refractivity contribution in [3.63, 3.8) is 0 Å². The summed E-state index contributed by atoms with van der Waals surface area (Å²) in [7, 11) is 2.12. The molecule has 0 unspecified atom stereocenters. The highest BCUT2D eigenvalue weighted by atomic mass is 35.5. The van der Waals surface area contributed by atoms with E-state index in [1.807, 2.05) is 12.1 Å². The number of hydrogen-bond acceptors (Lipinski definition) is 3. The number of nitrogens with one attached hydrogen (secondary N) is 1. The Labute approximate surface area is 108 Å². The Kier molecular flexibility index (Phi) is 4.24. The summed E-state index contributed by atoms with van der Waals surface area (Å²) in [5.41, 5.74) is 0.942. The van der Waals surface area contributed by atoms with Crippen LogP contribution in [0.4, 0.5) is 5.82 Å². The zero-order valence-electron chi connectivity index (χ0n) is 10.5. The van der Waals surface area contributed by atoms with Crippen molar-refractivity contribution in [2.75, 3.05) is 18.5 Å². The quantitative estimate of drug-likeness (QED) is 0.875.